The zero-order valence-corrected chi connectivity index (χ0v) is 20.3. The van der Waals surface area contributed by atoms with Gasteiger partial charge >= 0.3 is 0 Å². The van der Waals surface area contributed by atoms with Gasteiger partial charge < -0.3 is 14.5 Å². The van der Waals surface area contributed by atoms with E-state index in [1.165, 1.54) is 17.4 Å². The van der Waals surface area contributed by atoms with Crippen LogP contribution >= 0.6 is 11.3 Å². The molecule has 0 saturated carbocycles. The van der Waals surface area contributed by atoms with Crippen molar-refractivity contribution in [3.8, 4) is 5.75 Å². The Balaban J connectivity index is 1.77. The van der Waals surface area contributed by atoms with E-state index in [2.05, 4.69) is 37.4 Å². The molecule has 0 bridgehead atoms. The van der Waals surface area contributed by atoms with Crippen LogP contribution in [0.25, 0.3) is 0 Å². The molecule has 0 aliphatic carbocycles. The number of hydrogen-bond donors (Lipinski definition) is 0. The zero-order chi connectivity index (χ0) is 22.8. The maximum atomic E-state index is 13.3. The molecule has 0 radical (unpaired) electrons. The van der Waals surface area contributed by atoms with Crippen molar-refractivity contribution < 1.29 is 14.3 Å². The minimum atomic E-state index is -0.408. The number of hydrogen-bond acceptors (Lipinski definition) is 4. The molecule has 1 unspecified atom stereocenters. The van der Waals surface area contributed by atoms with Gasteiger partial charge in [0.2, 0.25) is 11.8 Å². The molecule has 31 heavy (non-hydrogen) atoms. The Bertz CT molecular complexity index is 912. The molecule has 0 saturated heterocycles. The van der Waals surface area contributed by atoms with Crippen LogP contribution in [0.4, 0.5) is 0 Å². The Kier molecular flexibility index (Phi) is 7.10. The topological polar surface area (TPSA) is 49.9 Å². The number of carbonyl (C=O) groups is 2. The van der Waals surface area contributed by atoms with Crippen LogP contribution in [-0.4, -0.2) is 46.8 Å². The molecule has 0 fully saturated rings. The van der Waals surface area contributed by atoms with Gasteiger partial charge in [-0.1, -0.05) is 26.0 Å². The van der Waals surface area contributed by atoms with Gasteiger partial charge in [0.1, 0.15) is 18.9 Å². The van der Waals surface area contributed by atoms with Gasteiger partial charge in [0.05, 0.1) is 6.04 Å². The van der Waals surface area contributed by atoms with Crippen LogP contribution in [0.15, 0.2) is 35.7 Å². The summed E-state index contributed by atoms with van der Waals surface area (Å²) in [7, 11) is 0. The second-order valence-corrected chi connectivity index (χ2v) is 10.5. The van der Waals surface area contributed by atoms with E-state index in [-0.39, 0.29) is 24.4 Å². The summed E-state index contributed by atoms with van der Waals surface area (Å²) < 4.78 is 6.14. The third-order valence-electron chi connectivity index (χ3n) is 5.85. The molecule has 0 N–H and O–H groups in total. The second kappa shape index (κ2) is 9.43. The van der Waals surface area contributed by atoms with Crippen LogP contribution in [0.5, 0.6) is 5.75 Å². The predicted octanol–water partition coefficient (Wildman–Crippen LogP) is 5.02. The molecule has 1 aromatic carbocycles. The highest BCUT2D eigenvalue weighted by atomic mass is 32.1. The van der Waals surface area contributed by atoms with Gasteiger partial charge in [-0.25, -0.2) is 0 Å². The predicted molar refractivity (Wildman–Crippen MR) is 126 cm³/mol. The van der Waals surface area contributed by atoms with E-state index in [1.54, 1.807) is 16.2 Å². The van der Waals surface area contributed by atoms with Gasteiger partial charge in [0.25, 0.3) is 0 Å². The molecule has 2 heterocycles. The number of fused-ring (bicyclic) bond motifs is 1. The number of benzene rings is 1. The van der Waals surface area contributed by atoms with E-state index in [0.717, 1.165) is 17.7 Å². The Morgan fingerprint density at radius 1 is 1.19 bits per heavy atom. The maximum absolute atomic E-state index is 13.3. The molecular weight excluding hydrogens is 408 g/mol. The van der Waals surface area contributed by atoms with Crippen LogP contribution < -0.4 is 4.74 Å². The van der Waals surface area contributed by atoms with Crippen molar-refractivity contribution in [2.24, 2.45) is 0 Å². The SMILES string of the molecule is CC(=O)N(CC(=O)N1CCc2sccc2C1COc1ccc(C(C)C)cc1)C(C)(C)C. The molecule has 2 amide bonds. The molecule has 5 nitrogen and oxygen atoms in total. The molecule has 168 valence electrons. The number of ether oxygens (including phenoxy) is 1. The summed E-state index contributed by atoms with van der Waals surface area (Å²) >= 11 is 1.73. The molecular formula is C25H34N2O3S. The van der Waals surface area contributed by atoms with Gasteiger partial charge in [-0.15, -0.1) is 11.3 Å². The molecule has 0 spiro atoms. The lowest BCUT2D eigenvalue weighted by atomic mass is 9.99. The molecule has 1 aliphatic heterocycles. The number of amides is 2. The summed E-state index contributed by atoms with van der Waals surface area (Å²) in [6.07, 6.45) is 0.841. The minimum absolute atomic E-state index is 0.0364. The summed E-state index contributed by atoms with van der Waals surface area (Å²) in [6, 6.07) is 10.1. The fourth-order valence-electron chi connectivity index (χ4n) is 4.05. The van der Waals surface area contributed by atoms with E-state index in [0.29, 0.717) is 19.1 Å². The van der Waals surface area contributed by atoms with E-state index < -0.39 is 5.54 Å². The van der Waals surface area contributed by atoms with E-state index in [9.17, 15) is 9.59 Å². The first kappa shape index (κ1) is 23.3. The largest absolute Gasteiger partial charge is 0.491 e. The number of rotatable bonds is 6. The second-order valence-electron chi connectivity index (χ2n) is 9.46. The van der Waals surface area contributed by atoms with Crippen LogP contribution in [0.3, 0.4) is 0 Å². The fraction of sp³-hybridized carbons (Fsp3) is 0.520. The number of nitrogens with zero attached hydrogens (tertiary/aromatic N) is 2. The van der Waals surface area contributed by atoms with Crippen molar-refractivity contribution >= 4 is 23.2 Å². The first-order chi connectivity index (χ1) is 14.6. The van der Waals surface area contributed by atoms with Crippen LogP contribution in [-0.2, 0) is 16.0 Å². The summed E-state index contributed by atoms with van der Waals surface area (Å²) in [5, 5.41) is 2.08. The lowest BCUT2D eigenvalue weighted by molar-refractivity contribution is -0.145. The lowest BCUT2D eigenvalue weighted by Crippen LogP contribution is -2.52. The zero-order valence-electron chi connectivity index (χ0n) is 19.5. The van der Waals surface area contributed by atoms with Gasteiger partial charge in [0.15, 0.2) is 0 Å². The van der Waals surface area contributed by atoms with Gasteiger partial charge in [0, 0.05) is 23.9 Å². The summed E-state index contributed by atoms with van der Waals surface area (Å²) in [6.45, 7) is 12.8. The smallest absolute Gasteiger partial charge is 0.242 e. The van der Waals surface area contributed by atoms with Gasteiger partial charge in [-0.05, 0) is 67.8 Å². The van der Waals surface area contributed by atoms with E-state index in [1.807, 2.05) is 37.8 Å². The third-order valence-corrected chi connectivity index (χ3v) is 6.85. The first-order valence-electron chi connectivity index (χ1n) is 10.9. The van der Waals surface area contributed by atoms with Crippen molar-refractivity contribution in [3.63, 3.8) is 0 Å². The first-order valence-corrected chi connectivity index (χ1v) is 11.8. The van der Waals surface area contributed by atoms with Crippen molar-refractivity contribution in [2.75, 3.05) is 19.7 Å². The van der Waals surface area contributed by atoms with E-state index in [4.69, 9.17) is 4.74 Å². The number of carbonyl (C=O) groups excluding carboxylic acids is 2. The highest BCUT2D eigenvalue weighted by molar-refractivity contribution is 7.10. The van der Waals surface area contributed by atoms with E-state index >= 15 is 0 Å². The lowest BCUT2D eigenvalue weighted by Gasteiger charge is -2.39. The van der Waals surface area contributed by atoms with Crippen molar-refractivity contribution in [2.45, 2.75) is 65.5 Å². The molecule has 1 atom stereocenters. The maximum Gasteiger partial charge on any atom is 0.242 e. The summed E-state index contributed by atoms with van der Waals surface area (Å²) in [5.74, 6) is 1.15. The average Bonchev–Trinajstić information content (AvgIpc) is 3.18. The Hall–Kier alpha value is -2.34. The van der Waals surface area contributed by atoms with Crippen molar-refractivity contribution in [1.82, 2.24) is 9.80 Å². The normalized spacial score (nSPS) is 16.2. The highest BCUT2D eigenvalue weighted by Gasteiger charge is 2.35. The van der Waals surface area contributed by atoms with Gasteiger partial charge in [-0.2, -0.15) is 0 Å². The summed E-state index contributed by atoms with van der Waals surface area (Å²) in [4.78, 5) is 30.3. The van der Waals surface area contributed by atoms with Crippen molar-refractivity contribution in [3.05, 3.63) is 51.7 Å². The average molecular weight is 443 g/mol. The third kappa shape index (κ3) is 5.48. The van der Waals surface area contributed by atoms with Gasteiger partial charge in [-0.3, -0.25) is 9.59 Å². The molecule has 1 aliphatic rings. The van der Waals surface area contributed by atoms with Crippen molar-refractivity contribution in [1.29, 1.82) is 0 Å². The Labute approximate surface area is 190 Å². The Morgan fingerprint density at radius 3 is 2.45 bits per heavy atom. The molecule has 3 rings (SSSR count). The molecule has 1 aromatic heterocycles. The van der Waals surface area contributed by atoms with Crippen LogP contribution in [0.1, 0.15) is 69.5 Å². The minimum Gasteiger partial charge on any atom is -0.491 e. The monoisotopic (exact) mass is 442 g/mol. The van der Waals surface area contributed by atoms with Crippen LogP contribution in [0, 0.1) is 0 Å². The Morgan fingerprint density at radius 2 is 1.87 bits per heavy atom. The highest BCUT2D eigenvalue weighted by Crippen LogP contribution is 2.34. The molecule has 6 heteroatoms. The molecule has 2 aromatic rings. The summed E-state index contributed by atoms with van der Waals surface area (Å²) in [5.41, 5.74) is 2.02. The standard InChI is InChI=1S/C25H34N2O3S/c1-17(2)19-7-9-20(10-8-19)30-16-22-21-12-14-31-23(21)11-13-26(22)24(29)15-27(18(3)28)25(4,5)6/h7-10,12,14,17,22H,11,13,15-16H2,1-6H3. The number of thiophene rings is 1. The fourth-order valence-corrected chi connectivity index (χ4v) is 4.97. The van der Waals surface area contributed by atoms with Crippen LogP contribution in [0.2, 0.25) is 0 Å². The quantitative estimate of drug-likeness (QED) is 0.631.